The molecular weight excluding hydrogens is 210 g/mol. The molecule has 1 saturated heterocycles. The van der Waals surface area contributed by atoms with E-state index in [4.69, 9.17) is 16.2 Å². The van der Waals surface area contributed by atoms with Gasteiger partial charge in [0.1, 0.15) is 11.6 Å². The van der Waals surface area contributed by atoms with Crippen molar-refractivity contribution >= 4 is 11.8 Å². The fourth-order valence-corrected chi connectivity index (χ4v) is 1.52. The van der Waals surface area contributed by atoms with Gasteiger partial charge in [-0.25, -0.2) is 0 Å². The first-order valence-electron chi connectivity index (χ1n) is 5.34. The molecule has 0 saturated carbocycles. The highest BCUT2D eigenvalue weighted by atomic mass is 16.5. The van der Waals surface area contributed by atoms with Gasteiger partial charge in [-0.15, -0.1) is 0 Å². The molecule has 1 aliphatic heterocycles. The van der Waals surface area contributed by atoms with Crippen molar-refractivity contribution in [3.63, 3.8) is 0 Å². The lowest BCUT2D eigenvalue weighted by Crippen LogP contribution is -2.55. The number of hydrogen-bond acceptors (Lipinski definition) is 4. The molecule has 1 rings (SSSR count). The van der Waals surface area contributed by atoms with Gasteiger partial charge in [0.25, 0.3) is 0 Å². The van der Waals surface area contributed by atoms with E-state index in [-0.39, 0.29) is 12.0 Å². The molecule has 6 nitrogen and oxygen atoms in total. The molecule has 0 radical (unpaired) electrons. The quantitative estimate of drug-likeness (QED) is 0.567. The average molecular weight is 229 g/mol. The van der Waals surface area contributed by atoms with Crippen LogP contribution in [0.15, 0.2) is 0 Å². The second kappa shape index (κ2) is 4.80. The van der Waals surface area contributed by atoms with Crippen LogP contribution in [0.1, 0.15) is 26.7 Å². The van der Waals surface area contributed by atoms with Gasteiger partial charge in [-0.1, -0.05) is 0 Å². The zero-order valence-corrected chi connectivity index (χ0v) is 9.66. The molecule has 2 atom stereocenters. The zero-order chi connectivity index (χ0) is 12.3. The Morgan fingerprint density at radius 1 is 1.44 bits per heavy atom. The Morgan fingerprint density at radius 3 is 2.50 bits per heavy atom. The van der Waals surface area contributed by atoms with Crippen molar-refractivity contribution < 1.29 is 14.3 Å². The van der Waals surface area contributed by atoms with E-state index in [9.17, 15) is 9.59 Å². The molecule has 16 heavy (non-hydrogen) atoms. The van der Waals surface area contributed by atoms with Crippen molar-refractivity contribution in [1.29, 1.82) is 0 Å². The van der Waals surface area contributed by atoms with Gasteiger partial charge in [0.05, 0.1) is 6.10 Å². The third-order valence-electron chi connectivity index (χ3n) is 2.71. The Hall–Kier alpha value is -1.14. The van der Waals surface area contributed by atoms with Crippen molar-refractivity contribution in [2.45, 2.75) is 44.4 Å². The number of carbonyl (C=O) groups excluding carboxylic acids is 2. The summed E-state index contributed by atoms with van der Waals surface area (Å²) in [6.45, 7) is 3.52. The van der Waals surface area contributed by atoms with E-state index in [1.165, 1.54) is 0 Å². The minimum Gasteiger partial charge on any atom is -0.368 e. The normalized spacial score (nSPS) is 25.4. The van der Waals surface area contributed by atoms with Crippen LogP contribution < -0.4 is 16.8 Å². The molecule has 0 bridgehead atoms. The van der Waals surface area contributed by atoms with Crippen LogP contribution in [-0.4, -0.2) is 36.1 Å². The molecule has 0 aromatic heterocycles. The fraction of sp³-hybridized carbons (Fsp3) is 0.800. The molecule has 5 N–H and O–H groups in total. The molecule has 92 valence electrons. The summed E-state index contributed by atoms with van der Waals surface area (Å²) in [7, 11) is 0. The van der Waals surface area contributed by atoms with E-state index in [0.717, 1.165) is 6.42 Å². The number of ether oxygens (including phenoxy) is 1. The van der Waals surface area contributed by atoms with Crippen LogP contribution in [0.5, 0.6) is 0 Å². The maximum atomic E-state index is 11.7. The van der Waals surface area contributed by atoms with Gasteiger partial charge >= 0.3 is 0 Å². The maximum Gasteiger partial charge on any atom is 0.249 e. The highest BCUT2D eigenvalue weighted by Gasteiger charge is 2.34. The summed E-state index contributed by atoms with van der Waals surface area (Å²) in [6, 6.07) is 0. The van der Waals surface area contributed by atoms with Crippen LogP contribution >= 0.6 is 0 Å². The largest absolute Gasteiger partial charge is 0.368 e. The van der Waals surface area contributed by atoms with Crippen molar-refractivity contribution in [2.24, 2.45) is 11.5 Å². The van der Waals surface area contributed by atoms with Crippen LogP contribution in [0, 0.1) is 0 Å². The molecule has 6 heteroatoms. The summed E-state index contributed by atoms with van der Waals surface area (Å²) in [6.07, 6.45) is 0.813. The van der Waals surface area contributed by atoms with Gasteiger partial charge in [-0.2, -0.15) is 0 Å². The van der Waals surface area contributed by atoms with Crippen molar-refractivity contribution in [3.05, 3.63) is 0 Å². The molecule has 0 aromatic carbocycles. The van der Waals surface area contributed by atoms with Crippen LogP contribution in [-0.2, 0) is 14.3 Å². The Kier molecular flexibility index (Phi) is 3.88. The number of amides is 2. The molecule has 0 aliphatic carbocycles. The van der Waals surface area contributed by atoms with E-state index in [2.05, 4.69) is 5.32 Å². The third kappa shape index (κ3) is 2.93. The van der Waals surface area contributed by atoms with Crippen LogP contribution in [0.3, 0.4) is 0 Å². The topological polar surface area (TPSA) is 107 Å². The molecule has 1 aliphatic rings. The van der Waals surface area contributed by atoms with E-state index >= 15 is 0 Å². The van der Waals surface area contributed by atoms with Crippen molar-refractivity contribution in [1.82, 2.24) is 5.32 Å². The number of primary amides is 1. The molecular formula is C10H19N3O3. The smallest absolute Gasteiger partial charge is 0.249 e. The predicted molar refractivity (Wildman–Crippen MR) is 58.4 cm³/mol. The first-order valence-corrected chi connectivity index (χ1v) is 5.34. The van der Waals surface area contributed by atoms with E-state index in [1.54, 1.807) is 13.8 Å². The number of hydrogen-bond donors (Lipinski definition) is 3. The maximum absolute atomic E-state index is 11.7. The standard InChI is InChI=1S/C10H19N3O3/c1-10(2,9(12)15)13-8(14)7-4-3-6(5-11)16-7/h6-7H,3-5,11H2,1-2H3,(H2,12,15)(H,13,14). The Balaban J connectivity index is 2.51. The molecule has 1 heterocycles. The van der Waals surface area contributed by atoms with Crippen LogP contribution in [0.2, 0.25) is 0 Å². The monoisotopic (exact) mass is 229 g/mol. The highest BCUT2D eigenvalue weighted by molar-refractivity contribution is 5.91. The molecule has 2 unspecified atom stereocenters. The minimum atomic E-state index is -1.05. The lowest BCUT2D eigenvalue weighted by Gasteiger charge is -2.24. The lowest BCUT2D eigenvalue weighted by molar-refractivity contribution is -0.137. The van der Waals surface area contributed by atoms with Gasteiger partial charge in [-0.3, -0.25) is 9.59 Å². The number of nitrogens with one attached hydrogen (secondary N) is 1. The summed E-state index contributed by atoms with van der Waals surface area (Å²) in [5.74, 6) is -0.881. The van der Waals surface area contributed by atoms with Gasteiger partial charge in [-0.05, 0) is 26.7 Å². The van der Waals surface area contributed by atoms with Crippen LogP contribution in [0.4, 0.5) is 0 Å². The Morgan fingerprint density at radius 2 is 2.06 bits per heavy atom. The van der Waals surface area contributed by atoms with E-state index in [0.29, 0.717) is 13.0 Å². The molecule has 0 spiro atoms. The van der Waals surface area contributed by atoms with Gasteiger partial charge in [0.15, 0.2) is 0 Å². The van der Waals surface area contributed by atoms with Gasteiger partial charge in [0, 0.05) is 6.54 Å². The first-order chi connectivity index (χ1) is 7.36. The van der Waals surface area contributed by atoms with E-state index < -0.39 is 17.6 Å². The summed E-state index contributed by atoms with van der Waals surface area (Å²) in [4.78, 5) is 22.8. The van der Waals surface area contributed by atoms with Gasteiger partial charge < -0.3 is 21.5 Å². The average Bonchev–Trinajstić information content (AvgIpc) is 2.64. The summed E-state index contributed by atoms with van der Waals surface area (Å²) >= 11 is 0. The first kappa shape index (κ1) is 12.9. The summed E-state index contributed by atoms with van der Waals surface area (Å²) in [5.41, 5.74) is 9.54. The zero-order valence-electron chi connectivity index (χ0n) is 9.66. The Bertz CT molecular complexity index is 291. The molecule has 0 aromatic rings. The lowest BCUT2D eigenvalue weighted by atomic mass is 10.0. The number of carbonyl (C=O) groups is 2. The van der Waals surface area contributed by atoms with Crippen molar-refractivity contribution in [2.75, 3.05) is 6.54 Å². The Labute approximate surface area is 94.7 Å². The molecule has 1 fully saturated rings. The third-order valence-corrected chi connectivity index (χ3v) is 2.71. The predicted octanol–water partition coefficient (Wildman–Crippen LogP) is -1.13. The summed E-state index contributed by atoms with van der Waals surface area (Å²) in [5, 5.41) is 2.56. The SMILES string of the molecule is CC(C)(NC(=O)C1CCC(CN)O1)C(N)=O. The highest BCUT2D eigenvalue weighted by Crippen LogP contribution is 2.19. The van der Waals surface area contributed by atoms with Gasteiger partial charge in [0.2, 0.25) is 11.8 Å². The van der Waals surface area contributed by atoms with E-state index in [1.807, 2.05) is 0 Å². The van der Waals surface area contributed by atoms with Crippen molar-refractivity contribution in [3.8, 4) is 0 Å². The number of nitrogens with two attached hydrogens (primary N) is 2. The fourth-order valence-electron chi connectivity index (χ4n) is 1.52. The minimum absolute atomic E-state index is 0.0626. The van der Waals surface area contributed by atoms with Crippen LogP contribution in [0.25, 0.3) is 0 Å². The number of rotatable bonds is 4. The second-order valence-electron chi connectivity index (χ2n) is 4.54. The molecule has 2 amide bonds. The summed E-state index contributed by atoms with van der Waals surface area (Å²) < 4.78 is 5.41. The second-order valence-corrected chi connectivity index (χ2v) is 4.54.